The zero-order chi connectivity index (χ0) is 22.5. The fraction of sp³-hybridized carbons (Fsp3) is 0.417. The Morgan fingerprint density at radius 1 is 1.03 bits per heavy atom. The zero-order valence-electron chi connectivity index (χ0n) is 17.9. The quantitative estimate of drug-likeness (QED) is 0.722. The molecule has 2 saturated heterocycles. The second kappa shape index (κ2) is 10.1. The maximum Gasteiger partial charge on any atom is 0.237 e. The Morgan fingerprint density at radius 3 is 2.53 bits per heavy atom. The van der Waals surface area contributed by atoms with Crippen LogP contribution in [0.4, 0.5) is 14.5 Å². The fourth-order valence-electron chi connectivity index (χ4n) is 4.45. The van der Waals surface area contributed by atoms with E-state index in [-0.39, 0.29) is 36.4 Å². The molecule has 0 spiro atoms. The van der Waals surface area contributed by atoms with Crippen molar-refractivity contribution in [2.75, 3.05) is 31.1 Å². The van der Waals surface area contributed by atoms with Crippen molar-refractivity contribution in [3.63, 3.8) is 0 Å². The van der Waals surface area contributed by atoms with E-state index in [0.29, 0.717) is 13.1 Å². The third-order valence-electron chi connectivity index (χ3n) is 6.21. The van der Waals surface area contributed by atoms with Crippen LogP contribution in [0.1, 0.15) is 24.8 Å². The molecule has 0 bridgehead atoms. The number of nitrogens with zero attached hydrogens (tertiary/aromatic N) is 2. The molecule has 4 rings (SSSR count). The highest BCUT2D eigenvalue weighted by Gasteiger charge is 2.33. The summed E-state index contributed by atoms with van der Waals surface area (Å²) in [4.78, 5) is 29.2. The molecule has 0 saturated carbocycles. The van der Waals surface area contributed by atoms with Crippen molar-refractivity contribution in [3.8, 4) is 0 Å². The van der Waals surface area contributed by atoms with Crippen LogP contribution in [-0.4, -0.2) is 55.0 Å². The summed E-state index contributed by atoms with van der Waals surface area (Å²) in [6.07, 6.45) is 1.65. The number of carbonyl (C=O) groups is 2. The zero-order valence-corrected chi connectivity index (χ0v) is 17.9. The van der Waals surface area contributed by atoms with E-state index < -0.39 is 17.7 Å². The first-order valence-corrected chi connectivity index (χ1v) is 11.1. The number of hydrogen-bond acceptors (Lipinski definition) is 4. The van der Waals surface area contributed by atoms with Gasteiger partial charge in [0.2, 0.25) is 11.8 Å². The molecule has 2 heterocycles. The minimum absolute atomic E-state index is 0.0122. The molecule has 2 fully saturated rings. The van der Waals surface area contributed by atoms with E-state index in [4.69, 9.17) is 0 Å². The SMILES string of the molecule is O=C(CC1C(=O)NCCN1Cc1cccc(F)c1F)NC1CCN(c2ccccc2)CC1. The molecule has 1 atom stereocenters. The number of piperidine rings is 1. The molecule has 0 radical (unpaired) electrons. The molecule has 2 N–H and O–H groups in total. The van der Waals surface area contributed by atoms with Crippen molar-refractivity contribution < 1.29 is 18.4 Å². The van der Waals surface area contributed by atoms with Crippen LogP contribution in [-0.2, 0) is 16.1 Å². The lowest BCUT2D eigenvalue weighted by Crippen LogP contribution is -2.56. The summed E-state index contributed by atoms with van der Waals surface area (Å²) in [6, 6.07) is 13.5. The van der Waals surface area contributed by atoms with Crippen molar-refractivity contribution in [2.45, 2.75) is 37.9 Å². The van der Waals surface area contributed by atoms with Gasteiger partial charge in [0.1, 0.15) is 0 Å². The molecular weight excluding hydrogens is 414 g/mol. The molecule has 2 amide bonds. The summed E-state index contributed by atoms with van der Waals surface area (Å²) in [6.45, 7) is 2.65. The Bertz CT molecular complexity index is 948. The third-order valence-corrected chi connectivity index (χ3v) is 6.21. The van der Waals surface area contributed by atoms with E-state index in [0.717, 1.165) is 32.0 Å². The van der Waals surface area contributed by atoms with E-state index in [1.165, 1.54) is 17.8 Å². The van der Waals surface area contributed by atoms with Crippen LogP contribution in [0.3, 0.4) is 0 Å². The molecule has 2 aromatic rings. The first-order chi connectivity index (χ1) is 15.5. The number of nitrogens with one attached hydrogen (secondary N) is 2. The average molecular weight is 443 g/mol. The van der Waals surface area contributed by atoms with Crippen molar-refractivity contribution in [1.82, 2.24) is 15.5 Å². The van der Waals surface area contributed by atoms with Gasteiger partial charge in [-0.2, -0.15) is 0 Å². The van der Waals surface area contributed by atoms with Crippen LogP contribution >= 0.6 is 0 Å². The second-order valence-electron chi connectivity index (χ2n) is 8.36. The summed E-state index contributed by atoms with van der Waals surface area (Å²) >= 11 is 0. The topological polar surface area (TPSA) is 64.7 Å². The van der Waals surface area contributed by atoms with Gasteiger partial charge < -0.3 is 15.5 Å². The molecule has 2 aromatic carbocycles. The van der Waals surface area contributed by atoms with E-state index in [1.807, 2.05) is 18.2 Å². The molecule has 2 aliphatic heterocycles. The van der Waals surface area contributed by atoms with Gasteiger partial charge in [-0.1, -0.05) is 30.3 Å². The van der Waals surface area contributed by atoms with Gasteiger partial charge in [-0.25, -0.2) is 8.78 Å². The standard InChI is InChI=1S/C24H28F2N4O2/c25-20-8-4-5-17(23(20)26)16-30-14-11-27-24(32)21(30)15-22(31)28-18-9-12-29(13-10-18)19-6-2-1-3-7-19/h1-8,18,21H,9-16H2,(H,27,32)(H,28,31). The van der Waals surface area contributed by atoms with Crippen molar-refractivity contribution >= 4 is 17.5 Å². The number of rotatable bonds is 6. The maximum absolute atomic E-state index is 14.1. The number of hydrogen-bond donors (Lipinski definition) is 2. The van der Waals surface area contributed by atoms with Gasteiger partial charge in [0, 0.05) is 50.0 Å². The molecule has 8 heteroatoms. The van der Waals surface area contributed by atoms with Gasteiger partial charge >= 0.3 is 0 Å². The van der Waals surface area contributed by atoms with E-state index in [2.05, 4.69) is 27.7 Å². The number of anilines is 1. The maximum atomic E-state index is 14.1. The fourth-order valence-corrected chi connectivity index (χ4v) is 4.45. The Hall–Kier alpha value is -3.00. The van der Waals surface area contributed by atoms with Gasteiger partial charge in [0.25, 0.3) is 0 Å². The number of amides is 2. The molecular formula is C24H28F2N4O2. The summed E-state index contributed by atoms with van der Waals surface area (Å²) < 4.78 is 27.7. The van der Waals surface area contributed by atoms with Crippen LogP contribution < -0.4 is 15.5 Å². The smallest absolute Gasteiger partial charge is 0.237 e. The number of carbonyl (C=O) groups excluding carboxylic acids is 2. The van der Waals surface area contributed by atoms with Crippen LogP contribution in [0, 0.1) is 11.6 Å². The van der Waals surface area contributed by atoms with E-state index in [9.17, 15) is 18.4 Å². The lowest BCUT2D eigenvalue weighted by Gasteiger charge is -2.36. The van der Waals surface area contributed by atoms with Gasteiger partial charge in [0.15, 0.2) is 11.6 Å². The largest absolute Gasteiger partial charge is 0.371 e. The van der Waals surface area contributed by atoms with Crippen molar-refractivity contribution in [3.05, 3.63) is 65.7 Å². The first kappa shape index (κ1) is 22.2. The highest BCUT2D eigenvalue weighted by molar-refractivity contribution is 5.89. The van der Waals surface area contributed by atoms with Crippen molar-refractivity contribution in [1.29, 1.82) is 0 Å². The van der Waals surface area contributed by atoms with Gasteiger partial charge in [-0.15, -0.1) is 0 Å². The highest BCUT2D eigenvalue weighted by atomic mass is 19.2. The highest BCUT2D eigenvalue weighted by Crippen LogP contribution is 2.21. The van der Waals surface area contributed by atoms with E-state index in [1.54, 1.807) is 4.90 Å². The Morgan fingerprint density at radius 2 is 1.78 bits per heavy atom. The minimum atomic E-state index is -0.917. The van der Waals surface area contributed by atoms with Crippen LogP contribution in [0.25, 0.3) is 0 Å². The molecule has 170 valence electrons. The van der Waals surface area contributed by atoms with Gasteiger partial charge in [-0.3, -0.25) is 14.5 Å². The summed E-state index contributed by atoms with van der Waals surface area (Å²) in [5, 5.41) is 5.83. The summed E-state index contributed by atoms with van der Waals surface area (Å²) in [5.41, 5.74) is 1.36. The molecule has 0 aliphatic carbocycles. The molecule has 0 aromatic heterocycles. The summed E-state index contributed by atoms with van der Waals surface area (Å²) in [7, 11) is 0. The Kier molecular flexibility index (Phi) is 6.99. The predicted molar refractivity (Wildman–Crippen MR) is 118 cm³/mol. The van der Waals surface area contributed by atoms with Crippen LogP contribution in [0.5, 0.6) is 0 Å². The normalized spacial score (nSPS) is 20.1. The van der Waals surface area contributed by atoms with Crippen LogP contribution in [0.15, 0.2) is 48.5 Å². The average Bonchev–Trinajstić information content (AvgIpc) is 2.80. The number of piperazine rings is 1. The van der Waals surface area contributed by atoms with Crippen molar-refractivity contribution in [2.24, 2.45) is 0 Å². The Balaban J connectivity index is 1.32. The lowest BCUT2D eigenvalue weighted by molar-refractivity contribution is -0.134. The van der Waals surface area contributed by atoms with Gasteiger partial charge in [-0.05, 0) is 31.0 Å². The lowest BCUT2D eigenvalue weighted by atomic mass is 10.0. The Labute approximate surface area is 186 Å². The summed E-state index contributed by atoms with van der Waals surface area (Å²) in [5.74, 6) is -2.29. The van der Waals surface area contributed by atoms with Gasteiger partial charge in [0.05, 0.1) is 12.5 Å². The second-order valence-corrected chi connectivity index (χ2v) is 8.36. The van der Waals surface area contributed by atoms with E-state index >= 15 is 0 Å². The number of benzene rings is 2. The minimum Gasteiger partial charge on any atom is -0.371 e. The number of halogens is 2. The monoisotopic (exact) mass is 442 g/mol. The van der Waals surface area contributed by atoms with Crippen LogP contribution in [0.2, 0.25) is 0 Å². The molecule has 2 aliphatic rings. The predicted octanol–water partition coefficient (Wildman–Crippen LogP) is 2.44. The molecule has 1 unspecified atom stereocenters. The number of para-hydroxylation sites is 1. The third kappa shape index (κ3) is 5.24. The molecule has 32 heavy (non-hydrogen) atoms. The first-order valence-electron chi connectivity index (χ1n) is 11.1. The molecule has 6 nitrogen and oxygen atoms in total.